The smallest absolute Gasteiger partial charge is 0.338 e. The number of carbonyl (C=O) groups excluding carboxylic acids is 2. The highest BCUT2D eigenvalue weighted by atomic mass is 32.1. The van der Waals surface area contributed by atoms with E-state index in [9.17, 15) is 14.4 Å². The quantitative estimate of drug-likeness (QED) is 0.399. The summed E-state index contributed by atoms with van der Waals surface area (Å²) >= 11 is 1.22. The zero-order valence-corrected chi connectivity index (χ0v) is 24.6. The number of methoxy groups -OCH3 is 2. The average molecular weight is 574 g/mol. The molecule has 10 heteroatoms. The highest BCUT2D eigenvalue weighted by Gasteiger charge is 2.34. The molecule has 0 fully saturated rings. The molecular weight excluding hydrogens is 542 g/mol. The van der Waals surface area contributed by atoms with Crippen LogP contribution >= 0.6 is 11.3 Å². The number of fused-ring (bicyclic) bond motifs is 1. The summed E-state index contributed by atoms with van der Waals surface area (Å²) in [5.41, 5.74) is 4.47. The van der Waals surface area contributed by atoms with E-state index < -0.39 is 12.0 Å². The Morgan fingerprint density at radius 3 is 2.41 bits per heavy atom. The Morgan fingerprint density at radius 1 is 1.05 bits per heavy atom. The SMILES string of the molecule is CCOC(=O)C1=C(C)N=c2sc(=CC3=C(C)N(c4ccc(C)cc4)C(=O)C3)c(=O)n2C1c1ccc(OC)c(OC)c1. The summed E-state index contributed by atoms with van der Waals surface area (Å²) in [6.07, 6.45) is 1.94. The standard InChI is InChI=1S/C31H31N3O6S/c1-7-40-30(37)27-18(3)32-31-34(28(27)20-10-13-23(38-5)24(14-20)39-6)29(36)25(41-31)15-21-16-26(35)33(19(21)4)22-11-8-17(2)9-12-22/h8-15,28H,7,16H2,1-6H3. The number of hydrogen-bond acceptors (Lipinski definition) is 8. The Morgan fingerprint density at radius 2 is 1.76 bits per heavy atom. The monoisotopic (exact) mass is 573 g/mol. The van der Waals surface area contributed by atoms with Gasteiger partial charge in [-0.1, -0.05) is 35.1 Å². The van der Waals surface area contributed by atoms with Crippen molar-refractivity contribution >= 4 is 35.0 Å². The summed E-state index contributed by atoms with van der Waals surface area (Å²) in [5, 5.41) is 0. The van der Waals surface area contributed by atoms with Gasteiger partial charge in [0.25, 0.3) is 5.56 Å². The second-order valence-electron chi connectivity index (χ2n) is 9.77. The van der Waals surface area contributed by atoms with E-state index in [0.717, 1.165) is 22.5 Å². The number of anilines is 1. The van der Waals surface area contributed by atoms with Crippen molar-refractivity contribution in [3.8, 4) is 11.5 Å². The van der Waals surface area contributed by atoms with Gasteiger partial charge in [-0.15, -0.1) is 0 Å². The molecule has 0 saturated heterocycles. The number of rotatable bonds is 7. The number of aromatic nitrogens is 1. The van der Waals surface area contributed by atoms with Gasteiger partial charge in [0.05, 0.1) is 49.1 Å². The summed E-state index contributed by atoms with van der Waals surface area (Å²) in [6, 6.07) is 12.2. The van der Waals surface area contributed by atoms with Crippen LogP contribution in [-0.4, -0.2) is 37.3 Å². The van der Waals surface area contributed by atoms with Crippen LogP contribution < -0.4 is 29.3 Å². The number of benzene rings is 2. The van der Waals surface area contributed by atoms with Crippen LogP contribution in [0.4, 0.5) is 5.69 Å². The fourth-order valence-electron chi connectivity index (χ4n) is 5.18. The lowest BCUT2D eigenvalue weighted by molar-refractivity contribution is -0.139. The number of esters is 1. The predicted octanol–water partition coefficient (Wildman–Crippen LogP) is 3.79. The zero-order chi connectivity index (χ0) is 29.4. The van der Waals surface area contributed by atoms with E-state index in [-0.39, 0.29) is 30.1 Å². The Bertz CT molecular complexity index is 1800. The Hall–Kier alpha value is -4.44. The van der Waals surface area contributed by atoms with Crippen molar-refractivity contribution < 1.29 is 23.8 Å². The number of thiazole rings is 1. The van der Waals surface area contributed by atoms with Gasteiger partial charge in [0.1, 0.15) is 0 Å². The number of allylic oxidation sites excluding steroid dienone is 2. The molecule has 2 aromatic carbocycles. The lowest BCUT2D eigenvalue weighted by atomic mass is 9.95. The number of ether oxygens (including phenoxy) is 3. The third-order valence-corrected chi connectivity index (χ3v) is 8.21. The predicted molar refractivity (Wildman–Crippen MR) is 157 cm³/mol. The van der Waals surface area contributed by atoms with Gasteiger partial charge in [-0.25, -0.2) is 9.79 Å². The largest absolute Gasteiger partial charge is 0.493 e. The molecule has 1 amide bonds. The summed E-state index contributed by atoms with van der Waals surface area (Å²) in [4.78, 5) is 47.0. The van der Waals surface area contributed by atoms with Crippen LogP contribution in [0.1, 0.15) is 44.4 Å². The molecule has 1 atom stereocenters. The van der Waals surface area contributed by atoms with Crippen LogP contribution in [0.25, 0.3) is 6.08 Å². The van der Waals surface area contributed by atoms with Crippen LogP contribution in [0.15, 0.2) is 74.8 Å². The minimum Gasteiger partial charge on any atom is -0.493 e. The van der Waals surface area contributed by atoms with Crippen LogP contribution in [0.3, 0.4) is 0 Å². The molecule has 3 aromatic rings. The third-order valence-electron chi connectivity index (χ3n) is 7.23. The molecule has 9 nitrogen and oxygen atoms in total. The van der Waals surface area contributed by atoms with Gasteiger partial charge in [-0.2, -0.15) is 0 Å². The first-order valence-electron chi connectivity index (χ1n) is 13.2. The van der Waals surface area contributed by atoms with Gasteiger partial charge in [-0.3, -0.25) is 19.1 Å². The molecular formula is C31H31N3O6S. The van der Waals surface area contributed by atoms with Gasteiger partial charge in [0.2, 0.25) is 5.91 Å². The molecule has 5 rings (SSSR count). The van der Waals surface area contributed by atoms with Gasteiger partial charge >= 0.3 is 5.97 Å². The number of nitrogens with zero attached hydrogens (tertiary/aromatic N) is 3. The van der Waals surface area contributed by atoms with Gasteiger partial charge in [0, 0.05) is 11.4 Å². The van der Waals surface area contributed by atoms with E-state index >= 15 is 0 Å². The molecule has 3 heterocycles. The van der Waals surface area contributed by atoms with Crippen molar-refractivity contribution in [2.45, 2.75) is 40.2 Å². The Kier molecular flexibility index (Phi) is 7.68. The highest BCUT2D eigenvalue weighted by molar-refractivity contribution is 7.07. The molecule has 1 unspecified atom stereocenters. The first kappa shape index (κ1) is 28.1. The van der Waals surface area contributed by atoms with Crippen LogP contribution in [0.5, 0.6) is 11.5 Å². The molecule has 0 N–H and O–H groups in total. The average Bonchev–Trinajstić information content (AvgIpc) is 3.41. The maximum Gasteiger partial charge on any atom is 0.338 e. The van der Waals surface area contributed by atoms with Gasteiger partial charge in [0.15, 0.2) is 16.3 Å². The normalized spacial score (nSPS) is 17.1. The summed E-state index contributed by atoms with van der Waals surface area (Å²) < 4.78 is 18.2. The summed E-state index contributed by atoms with van der Waals surface area (Å²) in [6.45, 7) is 7.51. The lowest BCUT2D eigenvalue weighted by Crippen LogP contribution is -2.40. The van der Waals surface area contributed by atoms with Crippen LogP contribution in [0, 0.1) is 6.92 Å². The van der Waals surface area contributed by atoms with Crippen LogP contribution in [-0.2, 0) is 14.3 Å². The van der Waals surface area contributed by atoms with E-state index in [1.807, 2.05) is 38.1 Å². The first-order valence-corrected chi connectivity index (χ1v) is 14.0. The van der Waals surface area contributed by atoms with Crippen molar-refractivity contribution in [1.82, 2.24) is 4.57 Å². The fourth-order valence-corrected chi connectivity index (χ4v) is 6.23. The Labute approximate surface area is 241 Å². The molecule has 212 valence electrons. The minimum atomic E-state index is -0.795. The molecule has 0 radical (unpaired) electrons. The van der Waals surface area contributed by atoms with Crippen molar-refractivity contribution in [1.29, 1.82) is 0 Å². The molecule has 2 aliphatic heterocycles. The molecule has 41 heavy (non-hydrogen) atoms. The molecule has 0 bridgehead atoms. The number of hydrogen-bond donors (Lipinski definition) is 0. The van der Waals surface area contributed by atoms with E-state index in [1.54, 1.807) is 50.1 Å². The molecule has 0 aliphatic carbocycles. The van der Waals surface area contributed by atoms with Crippen molar-refractivity contribution in [2.24, 2.45) is 4.99 Å². The second-order valence-corrected chi connectivity index (χ2v) is 10.8. The van der Waals surface area contributed by atoms with E-state index in [4.69, 9.17) is 14.2 Å². The van der Waals surface area contributed by atoms with Crippen molar-refractivity contribution in [3.05, 3.63) is 95.8 Å². The lowest BCUT2D eigenvalue weighted by Gasteiger charge is -2.25. The molecule has 0 spiro atoms. The minimum absolute atomic E-state index is 0.0611. The van der Waals surface area contributed by atoms with Gasteiger partial charge in [-0.05, 0) is 69.2 Å². The topological polar surface area (TPSA) is 99.4 Å². The molecule has 2 aliphatic rings. The molecule has 1 aromatic heterocycles. The number of carbonyl (C=O) groups is 2. The first-order chi connectivity index (χ1) is 19.7. The summed E-state index contributed by atoms with van der Waals surface area (Å²) in [7, 11) is 3.07. The van der Waals surface area contributed by atoms with Gasteiger partial charge < -0.3 is 14.2 Å². The maximum absolute atomic E-state index is 14.0. The number of aryl methyl sites for hydroxylation is 1. The van der Waals surface area contributed by atoms with E-state index in [2.05, 4.69) is 4.99 Å². The highest BCUT2D eigenvalue weighted by Crippen LogP contribution is 2.36. The second kappa shape index (κ2) is 11.2. The Balaban J connectivity index is 1.67. The summed E-state index contributed by atoms with van der Waals surface area (Å²) in [5.74, 6) is 0.380. The third kappa shape index (κ3) is 4.99. The van der Waals surface area contributed by atoms with Crippen LogP contribution in [0.2, 0.25) is 0 Å². The maximum atomic E-state index is 14.0. The fraction of sp³-hybridized carbons (Fsp3) is 0.290. The van der Waals surface area contributed by atoms with Crippen molar-refractivity contribution in [3.63, 3.8) is 0 Å². The zero-order valence-electron chi connectivity index (χ0n) is 23.8. The van der Waals surface area contributed by atoms with E-state index in [1.165, 1.54) is 23.0 Å². The molecule has 0 saturated carbocycles. The van der Waals surface area contributed by atoms with Crippen molar-refractivity contribution in [2.75, 3.05) is 25.7 Å². The number of amides is 1. The van der Waals surface area contributed by atoms with E-state index in [0.29, 0.717) is 32.1 Å².